The van der Waals surface area contributed by atoms with Gasteiger partial charge in [0.15, 0.2) is 0 Å². The van der Waals surface area contributed by atoms with Crippen LogP contribution in [0.15, 0.2) is 47.8 Å². The average Bonchev–Trinajstić information content (AvgIpc) is 2.74. The summed E-state index contributed by atoms with van der Waals surface area (Å²) in [7, 11) is 0. The summed E-state index contributed by atoms with van der Waals surface area (Å²) in [5.41, 5.74) is 10.6. The lowest BCUT2D eigenvalue weighted by Crippen LogP contribution is -2.21. The molecule has 1 aromatic heterocycles. The fraction of sp³-hybridized carbons (Fsp3) is 0.385. The highest BCUT2D eigenvalue weighted by atomic mass is 14.9. The SMILES string of the molecule is CCC=CC1=C(C)Nc2c(C)cnc(CCC)c2C1c1ccc(C#N)cc1CC. The molecule has 3 rings (SSSR count). The molecule has 1 N–H and O–H groups in total. The number of aromatic nitrogens is 1. The maximum Gasteiger partial charge on any atom is 0.0991 e. The Bertz CT molecular complexity index is 1010. The molecular weight excluding hydrogens is 354 g/mol. The van der Waals surface area contributed by atoms with Crippen LogP contribution in [0.3, 0.4) is 0 Å². The van der Waals surface area contributed by atoms with E-state index in [4.69, 9.17) is 4.98 Å². The number of anilines is 1. The van der Waals surface area contributed by atoms with Crippen molar-refractivity contribution in [3.8, 4) is 6.07 Å². The van der Waals surface area contributed by atoms with Crippen LogP contribution in [0, 0.1) is 18.3 Å². The molecule has 1 atom stereocenters. The summed E-state index contributed by atoms with van der Waals surface area (Å²) >= 11 is 0. The molecule has 0 fully saturated rings. The van der Waals surface area contributed by atoms with Crippen LogP contribution in [-0.4, -0.2) is 4.98 Å². The van der Waals surface area contributed by atoms with E-state index in [0.717, 1.165) is 31.2 Å². The van der Waals surface area contributed by atoms with Gasteiger partial charge in [-0.2, -0.15) is 5.26 Å². The molecule has 3 heteroatoms. The van der Waals surface area contributed by atoms with Crippen LogP contribution < -0.4 is 5.32 Å². The lowest BCUT2D eigenvalue weighted by molar-refractivity contribution is 0.815. The number of nitriles is 1. The maximum absolute atomic E-state index is 9.39. The molecule has 0 saturated carbocycles. The highest BCUT2D eigenvalue weighted by Gasteiger charge is 2.31. The van der Waals surface area contributed by atoms with Gasteiger partial charge in [-0.05, 0) is 67.5 Å². The zero-order valence-corrected chi connectivity index (χ0v) is 18.3. The molecule has 1 aliphatic rings. The second-order valence-corrected chi connectivity index (χ2v) is 7.75. The second kappa shape index (κ2) is 9.09. The molecular formula is C26H31N3. The standard InChI is InChI=1S/C26H31N3/c1-6-9-11-21-18(5)29-26-17(4)16-28-23(10-7-2)25(26)24(21)22-13-12-19(15-27)14-20(22)8-3/h9,11-14,16,24,29H,6-8,10H2,1-5H3. The third-order valence-corrected chi connectivity index (χ3v) is 5.72. The first kappa shape index (κ1) is 20.9. The van der Waals surface area contributed by atoms with Gasteiger partial charge in [0.25, 0.3) is 0 Å². The van der Waals surface area contributed by atoms with Crippen molar-refractivity contribution in [2.24, 2.45) is 0 Å². The average molecular weight is 386 g/mol. The minimum absolute atomic E-state index is 0.130. The summed E-state index contributed by atoms with van der Waals surface area (Å²) in [6.45, 7) is 10.8. The van der Waals surface area contributed by atoms with Gasteiger partial charge in [-0.1, -0.05) is 45.4 Å². The van der Waals surface area contributed by atoms with Crippen LogP contribution in [0.4, 0.5) is 5.69 Å². The molecule has 1 aromatic carbocycles. The lowest BCUT2D eigenvalue weighted by atomic mass is 9.76. The van der Waals surface area contributed by atoms with Crippen molar-refractivity contribution in [3.63, 3.8) is 0 Å². The molecule has 29 heavy (non-hydrogen) atoms. The van der Waals surface area contributed by atoms with Crippen LogP contribution in [0.2, 0.25) is 0 Å². The molecule has 0 radical (unpaired) electrons. The minimum atomic E-state index is 0.130. The number of benzene rings is 1. The number of hydrogen-bond donors (Lipinski definition) is 1. The summed E-state index contributed by atoms with van der Waals surface area (Å²) in [4.78, 5) is 4.85. The van der Waals surface area contributed by atoms with E-state index in [2.05, 4.69) is 70.3 Å². The fourth-order valence-corrected chi connectivity index (χ4v) is 4.26. The monoisotopic (exact) mass is 385 g/mol. The molecule has 150 valence electrons. The van der Waals surface area contributed by atoms with E-state index in [1.165, 1.54) is 44.9 Å². The van der Waals surface area contributed by atoms with Crippen LogP contribution in [0.1, 0.15) is 80.0 Å². The van der Waals surface area contributed by atoms with E-state index in [-0.39, 0.29) is 5.92 Å². The van der Waals surface area contributed by atoms with E-state index in [9.17, 15) is 5.26 Å². The smallest absolute Gasteiger partial charge is 0.0991 e. The van der Waals surface area contributed by atoms with Crippen molar-refractivity contribution in [1.29, 1.82) is 5.26 Å². The first-order chi connectivity index (χ1) is 14.0. The van der Waals surface area contributed by atoms with Gasteiger partial charge in [0.05, 0.1) is 11.6 Å². The summed E-state index contributed by atoms with van der Waals surface area (Å²) < 4.78 is 0. The van der Waals surface area contributed by atoms with Gasteiger partial charge in [-0.15, -0.1) is 0 Å². The maximum atomic E-state index is 9.39. The lowest BCUT2D eigenvalue weighted by Gasteiger charge is -2.33. The third kappa shape index (κ3) is 3.98. The second-order valence-electron chi connectivity index (χ2n) is 7.75. The first-order valence-electron chi connectivity index (χ1n) is 10.7. The largest absolute Gasteiger partial charge is 0.358 e. The molecule has 0 aliphatic carbocycles. The Morgan fingerprint density at radius 3 is 2.66 bits per heavy atom. The van der Waals surface area contributed by atoms with E-state index in [1.54, 1.807) is 0 Å². The summed E-state index contributed by atoms with van der Waals surface area (Å²) in [5.74, 6) is 0.130. The summed E-state index contributed by atoms with van der Waals surface area (Å²) in [6, 6.07) is 8.46. The van der Waals surface area contributed by atoms with Gasteiger partial charge in [-0.3, -0.25) is 4.98 Å². The fourth-order valence-electron chi connectivity index (χ4n) is 4.26. The van der Waals surface area contributed by atoms with Crippen LogP contribution in [-0.2, 0) is 12.8 Å². The molecule has 0 bridgehead atoms. The Labute approximate surface area is 175 Å². The van der Waals surface area contributed by atoms with Crippen molar-refractivity contribution in [2.45, 2.75) is 66.2 Å². The molecule has 0 saturated heterocycles. The number of allylic oxidation sites excluding steroid dienone is 4. The highest BCUT2D eigenvalue weighted by Crippen LogP contribution is 2.46. The van der Waals surface area contributed by atoms with E-state index >= 15 is 0 Å². The quantitative estimate of drug-likeness (QED) is 0.611. The topological polar surface area (TPSA) is 48.7 Å². The predicted octanol–water partition coefficient (Wildman–Crippen LogP) is 6.57. The van der Waals surface area contributed by atoms with Crippen LogP contribution >= 0.6 is 0 Å². The number of aryl methyl sites for hydroxylation is 3. The predicted molar refractivity (Wildman–Crippen MR) is 121 cm³/mol. The van der Waals surface area contributed by atoms with E-state index < -0.39 is 0 Å². The van der Waals surface area contributed by atoms with Gasteiger partial charge in [-0.25, -0.2) is 0 Å². The Balaban J connectivity index is 2.34. The summed E-state index contributed by atoms with van der Waals surface area (Å²) in [6.07, 6.45) is 10.4. The zero-order chi connectivity index (χ0) is 21.0. The van der Waals surface area contributed by atoms with E-state index in [0.29, 0.717) is 0 Å². The van der Waals surface area contributed by atoms with E-state index in [1.807, 2.05) is 12.3 Å². The van der Waals surface area contributed by atoms with Crippen molar-refractivity contribution >= 4 is 5.69 Å². The van der Waals surface area contributed by atoms with Crippen LogP contribution in [0.25, 0.3) is 0 Å². The van der Waals surface area contributed by atoms with Gasteiger partial charge in [0.2, 0.25) is 0 Å². The Morgan fingerprint density at radius 1 is 1.21 bits per heavy atom. The van der Waals surface area contributed by atoms with Crippen molar-refractivity contribution < 1.29 is 0 Å². The Morgan fingerprint density at radius 2 is 2.00 bits per heavy atom. The van der Waals surface area contributed by atoms with Crippen molar-refractivity contribution in [1.82, 2.24) is 4.98 Å². The van der Waals surface area contributed by atoms with Gasteiger partial charge < -0.3 is 5.32 Å². The Kier molecular flexibility index (Phi) is 6.54. The molecule has 1 unspecified atom stereocenters. The Hall–Kier alpha value is -2.86. The van der Waals surface area contributed by atoms with Crippen LogP contribution in [0.5, 0.6) is 0 Å². The van der Waals surface area contributed by atoms with Crippen molar-refractivity contribution in [3.05, 3.63) is 81.3 Å². The van der Waals surface area contributed by atoms with Gasteiger partial charge in [0, 0.05) is 34.8 Å². The number of nitrogens with zero attached hydrogens (tertiary/aromatic N) is 2. The molecule has 1 aliphatic heterocycles. The molecule has 0 spiro atoms. The number of nitrogens with one attached hydrogen (secondary N) is 1. The molecule has 2 heterocycles. The van der Waals surface area contributed by atoms with Gasteiger partial charge >= 0.3 is 0 Å². The number of pyridine rings is 1. The normalized spacial score (nSPS) is 15.9. The number of hydrogen-bond acceptors (Lipinski definition) is 3. The van der Waals surface area contributed by atoms with Crippen molar-refractivity contribution in [2.75, 3.05) is 5.32 Å². The molecule has 3 nitrogen and oxygen atoms in total. The third-order valence-electron chi connectivity index (χ3n) is 5.72. The number of rotatable bonds is 6. The summed E-state index contributed by atoms with van der Waals surface area (Å²) in [5, 5.41) is 13.1. The molecule has 2 aromatic rings. The zero-order valence-electron chi connectivity index (χ0n) is 18.3. The highest BCUT2D eigenvalue weighted by molar-refractivity contribution is 5.71. The number of fused-ring (bicyclic) bond motifs is 1. The first-order valence-corrected chi connectivity index (χ1v) is 10.7. The molecule has 0 amide bonds. The van der Waals surface area contributed by atoms with Gasteiger partial charge in [0.1, 0.15) is 0 Å². The minimum Gasteiger partial charge on any atom is -0.358 e.